The Morgan fingerprint density at radius 1 is 1.05 bits per heavy atom. The predicted octanol–water partition coefficient (Wildman–Crippen LogP) is 0.817. The molecule has 1 fully saturated rings. The molecule has 0 spiro atoms. The largest absolute Gasteiger partial charge is 0.501 e. The minimum absolute atomic E-state index is 0.0411. The molecular formula is C30H36FN5O8. The number of nitrogens with zero attached hydrogens (tertiary/aromatic N) is 4. The molecule has 2 N–H and O–H groups in total. The van der Waals surface area contributed by atoms with Crippen molar-refractivity contribution in [1.82, 2.24) is 24.7 Å². The van der Waals surface area contributed by atoms with E-state index >= 15 is 0 Å². The first-order valence-corrected chi connectivity index (χ1v) is 14.1. The second-order valence-corrected chi connectivity index (χ2v) is 12.1. The molecule has 2 bridgehead atoms. The number of carbonyl (C=O) groups excluding carboxylic acids is 5. The summed E-state index contributed by atoms with van der Waals surface area (Å²) in [6.07, 6.45) is 0.896. The Kier molecular flexibility index (Phi) is 8.93. The fourth-order valence-corrected chi connectivity index (χ4v) is 5.85. The summed E-state index contributed by atoms with van der Waals surface area (Å²) in [4.78, 5) is 83.6. The summed E-state index contributed by atoms with van der Waals surface area (Å²) >= 11 is 0. The molecule has 1 aliphatic carbocycles. The highest BCUT2D eigenvalue weighted by molar-refractivity contribution is 6.36. The third-order valence-electron chi connectivity index (χ3n) is 8.51. The quantitative estimate of drug-likeness (QED) is 0.323. The van der Waals surface area contributed by atoms with E-state index in [1.807, 2.05) is 0 Å². The third kappa shape index (κ3) is 6.19. The van der Waals surface area contributed by atoms with Crippen molar-refractivity contribution in [3.05, 3.63) is 57.0 Å². The lowest BCUT2D eigenvalue weighted by Crippen LogP contribution is -2.42. The van der Waals surface area contributed by atoms with E-state index in [0.29, 0.717) is 24.0 Å². The number of ketones is 1. The van der Waals surface area contributed by atoms with Crippen LogP contribution in [0.5, 0.6) is 5.75 Å². The van der Waals surface area contributed by atoms with E-state index in [0.717, 1.165) is 9.80 Å². The smallest absolute Gasteiger partial charge is 0.397 e. The van der Waals surface area contributed by atoms with E-state index in [1.54, 1.807) is 13.0 Å². The number of hydrogen-bond donors (Lipinski definition) is 2. The first kappa shape index (κ1) is 32.3. The molecule has 3 aliphatic rings. The average molecular weight is 614 g/mol. The van der Waals surface area contributed by atoms with Gasteiger partial charge in [0.25, 0.3) is 17.4 Å². The molecule has 5 rings (SSSR count). The number of aryl methyl sites for hydroxylation is 1. The van der Waals surface area contributed by atoms with E-state index < -0.39 is 63.1 Å². The normalized spacial score (nSPS) is 20.2. The van der Waals surface area contributed by atoms with Gasteiger partial charge in [0, 0.05) is 58.5 Å². The molecule has 0 atom stereocenters. The zero-order valence-corrected chi connectivity index (χ0v) is 25.4. The first-order valence-electron chi connectivity index (χ1n) is 14.1. The van der Waals surface area contributed by atoms with Gasteiger partial charge in [-0.1, -0.05) is 12.1 Å². The Bertz CT molecular complexity index is 1590. The van der Waals surface area contributed by atoms with E-state index in [9.17, 15) is 38.3 Å². The molecule has 0 radical (unpaired) electrons. The summed E-state index contributed by atoms with van der Waals surface area (Å²) < 4.78 is 20.2. The number of rotatable bonds is 8. The van der Waals surface area contributed by atoms with Crippen LogP contribution in [0.2, 0.25) is 0 Å². The zero-order chi connectivity index (χ0) is 32.6. The van der Waals surface area contributed by atoms with Crippen molar-refractivity contribution in [2.24, 2.45) is 5.41 Å². The van der Waals surface area contributed by atoms with E-state index in [4.69, 9.17) is 4.74 Å². The Balaban J connectivity index is 1.73. The Labute approximate surface area is 253 Å². The molecule has 44 heavy (non-hydrogen) atoms. The lowest BCUT2D eigenvalue weighted by molar-refractivity contribution is -0.162. The predicted molar refractivity (Wildman–Crippen MR) is 153 cm³/mol. The van der Waals surface area contributed by atoms with Crippen molar-refractivity contribution in [1.29, 1.82) is 0 Å². The van der Waals surface area contributed by atoms with Crippen molar-refractivity contribution in [3.8, 4) is 5.75 Å². The molecule has 3 heterocycles. The second kappa shape index (κ2) is 12.2. The lowest BCUT2D eigenvalue weighted by atomic mass is 9.63. The monoisotopic (exact) mass is 613 g/mol. The number of nitrogens with one attached hydrogen (secondary N) is 1. The number of likely N-dealkylation sites (N-methyl/N-ethyl adjacent to an activating group) is 2. The Morgan fingerprint density at radius 2 is 1.68 bits per heavy atom. The summed E-state index contributed by atoms with van der Waals surface area (Å²) in [5, 5.41) is 13.5. The standard InChI is InChI=1S/C30H36FN5O8/c1-17-12-18(6-7-19(17)31)14-32-23(39)21-22(38)25(41)36-15-29(16-44-27(43)26(42)35(4)5)8-10-30(11-9-29,28(36)33-21)13-20(37)24(40)34(2)3/h6-7,12,38H,8-11,13-16H2,1-5H3,(H,32,39). The van der Waals surface area contributed by atoms with Gasteiger partial charge in [-0.15, -0.1) is 0 Å². The van der Waals surface area contributed by atoms with Crippen LogP contribution in [0.15, 0.2) is 23.0 Å². The molecule has 2 aliphatic heterocycles. The van der Waals surface area contributed by atoms with E-state index in [2.05, 4.69) is 10.3 Å². The summed E-state index contributed by atoms with van der Waals surface area (Å²) in [6, 6.07) is 4.30. The van der Waals surface area contributed by atoms with Crippen LogP contribution in [0.4, 0.5) is 4.39 Å². The minimum Gasteiger partial charge on any atom is -0.501 e. The maximum atomic E-state index is 13.7. The fraction of sp³-hybridized carbons (Fsp3) is 0.500. The molecule has 0 unspecified atom stereocenters. The van der Waals surface area contributed by atoms with Crippen molar-refractivity contribution in [2.75, 3.05) is 34.8 Å². The minimum atomic E-state index is -1.14. The van der Waals surface area contributed by atoms with Crippen LogP contribution >= 0.6 is 0 Å². The highest BCUT2D eigenvalue weighted by Crippen LogP contribution is 2.52. The van der Waals surface area contributed by atoms with Gasteiger partial charge in [0.1, 0.15) is 11.6 Å². The van der Waals surface area contributed by atoms with Crippen molar-refractivity contribution in [3.63, 3.8) is 0 Å². The highest BCUT2D eigenvalue weighted by atomic mass is 19.1. The molecule has 1 saturated carbocycles. The third-order valence-corrected chi connectivity index (χ3v) is 8.51. The maximum absolute atomic E-state index is 13.7. The number of benzene rings is 1. The van der Waals surface area contributed by atoms with E-state index in [1.165, 1.54) is 44.9 Å². The molecule has 13 nitrogen and oxygen atoms in total. The molecule has 14 heteroatoms. The fourth-order valence-electron chi connectivity index (χ4n) is 5.85. The lowest BCUT2D eigenvalue weighted by Gasteiger charge is -2.41. The Morgan fingerprint density at radius 3 is 2.27 bits per heavy atom. The first-order chi connectivity index (χ1) is 20.6. The summed E-state index contributed by atoms with van der Waals surface area (Å²) in [7, 11) is 5.71. The highest BCUT2D eigenvalue weighted by Gasteiger charge is 2.52. The van der Waals surface area contributed by atoms with Crippen LogP contribution in [0.3, 0.4) is 0 Å². The molecule has 1 aromatic heterocycles. The van der Waals surface area contributed by atoms with Gasteiger partial charge < -0.3 is 25.0 Å². The van der Waals surface area contributed by atoms with E-state index in [-0.39, 0.29) is 44.8 Å². The van der Waals surface area contributed by atoms with Gasteiger partial charge in [-0.2, -0.15) is 0 Å². The van der Waals surface area contributed by atoms with Gasteiger partial charge in [0.05, 0.1) is 6.61 Å². The number of esters is 1. The Hall–Kier alpha value is -4.62. The van der Waals surface area contributed by atoms with Gasteiger partial charge in [0.15, 0.2) is 5.69 Å². The van der Waals surface area contributed by atoms with Crippen molar-refractivity contribution < 1.29 is 38.2 Å². The summed E-state index contributed by atoms with van der Waals surface area (Å²) in [5.41, 5.74) is -2.50. The topological polar surface area (TPSA) is 168 Å². The van der Waals surface area contributed by atoms with Gasteiger partial charge in [-0.3, -0.25) is 28.5 Å². The number of aromatic nitrogens is 2. The van der Waals surface area contributed by atoms with Gasteiger partial charge in [-0.05, 0) is 49.8 Å². The van der Waals surface area contributed by atoms with Gasteiger partial charge >= 0.3 is 11.9 Å². The number of aromatic hydroxyl groups is 1. The average Bonchev–Trinajstić information content (AvgIpc) is 3.20. The summed E-state index contributed by atoms with van der Waals surface area (Å²) in [5.74, 6) is -5.47. The number of fused-ring (bicyclic) bond motifs is 2. The van der Waals surface area contributed by atoms with Crippen LogP contribution in [0, 0.1) is 18.2 Å². The number of ether oxygens (including phenoxy) is 1. The van der Waals surface area contributed by atoms with Gasteiger partial charge in [-0.25, -0.2) is 14.2 Å². The second-order valence-electron chi connectivity index (χ2n) is 12.1. The molecule has 1 aromatic carbocycles. The number of halogens is 1. The number of hydrogen-bond acceptors (Lipinski definition) is 9. The SMILES string of the molecule is Cc1cc(CNC(=O)c2nc3n(c(=O)c2O)CC2(COC(=O)C(=O)N(C)C)CCC3(CC(=O)C(=O)N(C)C)CC2)ccc1F. The molecule has 236 valence electrons. The van der Waals surface area contributed by atoms with Crippen molar-refractivity contribution >= 4 is 29.5 Å². The van der Waals surface area contributed by atoms with Crippen LogP contribution in [-0.2, 0) is 42.4 Å². The zero-order valence-electron chi connectivity index (χ0n) is 25.4. The van der Waals surface area contributed by atoms with Crippen LogP contribution < -0.4 is 10.9 Å². The van der Waals surface area contributed by atoms with Gasteiger partial charge in [0.2, 0.25) is 11.5 Å². The van der Waals surface area contributed by atoms with Crippen LogP contribution in [0.1, 0.15) is 59.5 Å². The maximum Gasteiger partial charge on any atom is 0.397 e. The summed E-state index contributed by atoms with van der Waals surface area (Å²) in [6.45, 7) is 1.25. The molecule has 0 saturated heterocycles. The van der Waals surface area contributed by atoms with Crippen LogP contribution in [0.25, 0.3) is 0 Å². The molecular weight excluding hydrogens is 577 g/mol. The number of Topliss-reactive ketones (excluding diaryl/α,β-unsaturated/α-hetero) is 1. The molecule has 2 aromatic rings. The van der Waals surface area contributed by atoms with Crippen molar-refractivity contribution in [2.45, 2.75) is 57.5 Å². The van der Waals surface area contributed by atoms with Crippen LogP contribution in [-0.4, -0.2) is 88.7 Å². The number of amides is 3. The molecule has 3 amide bonds. The number of carbonyl (C=O) groups is 5.